The van der Waals surface area contributed by atoms with E-state index in [1.165, 1.54) is 32.1 Å². The Morgan fingerprint density at radius 3 is 2.13 bits per heavy atom. The van der Waals surface area contributed by atoms with Gasteiger partial charge in [0.05, 0.1) is 0 Å². The van der Waals surface area contributed by atoms with Crippen molar-refractivity contribution in [2.24, 2.45) is 17.8 Å². The van der Waals surface area contributed by atoms with Gasteiger partial charge in [-0.2, -0.15) is 0 Å². The summed E-state index contributed by atoms with van der Waals surface area (Å²) in [6.45, 7) is 9.48. The highest BCUT2D eigenvalue weighted by molar-refractivity contribution is 5.03. The second-order valence-corrected chi connectivity index (χ2v) is 6.56. The molecule has 0 aromatic rings. The molecule has 1 saturated heterocycles. The van der Waals surface area contributed by atoms with Gasteiger partial charge < -0.3 is 5.32 Å². The number of hydrogen-bond donors (Lipinski definition) is 1. The summed E-state index contributed by atoms with van der Waals surface area (Å²) in [5, 5.41) is 3.95. The van der Waals surface area contributed by atoms with Crippen LogP contribution in [0.15, 0.2) is 0 Å². The van der Waals surface area contributed by atoms with Crippen molar-refractivity contribution >= 4 is 0 Å². The van der Waals surface area contributed by atoms with Crippen molar-refractivity contribution in [3.05, 3.63) is 0 Å². The van der Waals surface area contributed by atoms with E-state index in [9.17, 15) is 0 Å². The third-order valence-corrected chi connectivity index (χ3v) is 4.82. The van der Waals surface area contributed by atoms with Gasteiger partial charge in [-0.05, 0) is 49.9 Å². The number of nitrogens with one attached hydrogen (secondary N) is 1. The quantitative estimate of drug-likeness (QED) is 0.733. The molecule has 88 valence electrons. The number of hydrogen-bond acceptors (Lipinski definition) is 1. The van der Waals surface area contributed by atoms with Crippen LogP contribution in [0.3, 0.4) is 0 Å². The standard InChI is InChI=1S/C14H27N/c1-10(2)12-5-7-14(9-12)8-6-13(15-14)11(3)4/h10-13,15H,5-9H2,1-4H3. The molecule has 3 atom stereocenters. The van der Waals surface area contributed by atoms with Gasteiger partial charge in [0.1, 0.15) is 0 Å². The van der Waals surface area contributed by atoms with Crippen molar-refractivity contribution in [3.8, 4) is 0 Å². The van der Waals surface area contributed by atoms with E-state index in [2.05, 4.69) is 33.0 Å². The normalized spacial score (nSPS) is 41.2. The minimum atomic E-state index is 0.546. The highest BCUT2D eigenvalue weighted by Gasteiger charge is 2.45. The minimum Gasteiger partial charge on any atom is -0.308 e. The molecule has 0 bridgehead atoms. The van der Waals surface area contributed by atoms with Crippen molar-refractivity contribution in [3.63, 3.8) is 0 Å². The largest absolute Gasteiger partial charge is 0.308 e. The lowest BCUT2D eigenvalue weighted by molar-refractivity contribution is 0.307. The molecule has 15 heavy (non-hydrogen) atoms. The van der Waals surface area contributed by atoms with Crippen LogP contribution in [0.1, 0.15) is 59.8 Å². The summed E-state index contributed by atoms with van der Waals surface area (Å²) in [5.74, 6) is 2.66. The maximum atomic E-state index is 3.95. The third kappa shape index (κ3) is 2.22. The molecule has 1 aliphatic heterocycles. The summed E-state index contributed by atoms with van der Waals surface area (Å²) in [6.07, 6.45) is 7.16. The summed E-state index contributed by atoms with van der Waals surface area (Å²) in [4.78, 5) is 0. The predicted octanol–water partition coefficient (Wildman–Crippen LogP) is 3.59. The second kappa shape index (κ2) is 4.08. The Morgan fingerprint density at radius 2 is 1.67 bits per heavy atom. The fraction of sp³-hybridized carbons (Fsp3) is 1.00. The summed E-state index contributed by atoms with van der Waals surface area (Å²) in [5.41, 5.74) is 0.546. The first-order chi connectivity index (χ1) is 7.02. The zero-order valence-corrected chi connectivity index (χ0v) is 10.8. The first-order valence-electron chi connectivity index (χ1n) is 6.80. The first kappa shape index (κ1) is 11.4. The van der Waals surface area contributed by atoms with Crippen LogP contribution in [-0.4, -0.2) is 11.6 Å². The van der Waals surface area contributed by atoms with Crippen LogP contribution in [0.5, 0.6) is 0 Å². The lowest BCUT2D eigenvalue weighted by Crippen LogP contribution is -2.42. The van der Waals surface area contributed by atoms with E-state index in [-0.39, 0.29) is 0 Å². The minimum absolute atomic E-state index is 0.546. The highest BCUT2D eigenvalue weighted by Crippen LogP contribution is 2.45. The monoisotopic (exact) mass is 209 g/mol. The van der Waals surface area contributed by atoms with Gasteiger partial charge in [-0.3, -0.25) is 0 Å². The molecule has 0 radical (unpaired) electrons. The topological polar surface area (TPSA) is 12.0 Å². The average molecular weight is 209 g/mol. The molecule has 1 saturated carbocycles. The van der Waals surface area contributed by atoms with E-state index < -0.39 is 0 Å². The van der Waals surface area contributed by atoms with Crippen LogP contribution < -0.4 is 5.32 Å². The van der Waals surface area contributed by atoms with Crippen LogP contribution in [0.4, 0.5) is 0 Å². The van der Waals surface area contributed by atoms with Crippen LogP contribution in [-0.2, 0) is 0 Å². The van der Waals surface area contributed by atoms with Gasteiger partial charge in [-0.25, -0.2) is 0 Å². The predicted molar refractivity (Wildman–Crippen MR) is 65.9 cm³/mol. The lowest BCUT2D eigenvalue weighted by atomic mass is 9.89. The summed E-state index contributed by atoms with van der Waals surface area (Å²) < 4.78 is 0. The van der Waals surface area contributed by atoms with E-state index in [1.807, 2.05) is 0 Å². The van der Waals surface area contributed by atoms with Gasteiger partial charge in [0.25, 0.3) is 0 Å². The fourth-order valence-electron chi connectivity index (χ4n) is 3.56. The maximum absolute atomic E-state index is 3.95. The van der Waals surface area contributed by atoms with Crippen LogP contribution >= 0.6 is 0 Å². The molecule has 2 rings (SSSR count). The molecule has 1 heteroatoms. The molecule has 1 heterocycles. The Morgan fingerprint density at radius 1 is 1.00 bits per heavy atom. The zero-order valence-electron chi connectivity index (χ0n) is 10.8. The maximum Gasteiger partial charge on any atom is 0.0187 e. The molecule has 1 nitrogen and oxygen atoms in total. The molecule has 1 N–H and O–H groups in total. The van der Waals surface area contributed by atoms with Gasteiger partial charge >= 0.3 is 0 Å². The molecule has 0 aromatic carbocycles. The van der Waals surface area contributed by atoms with Gasteiger partial charge in [-0.15, -0.1) is 0 Å². The smallest absolute Gasteiger partial charge is 0.0187 e. The Kier molecular flexibility index (Phi) is 3.12. The van der Waals surface area contributed by atoms with E-state index in [0.717, 1.165) is 23.8 Å². The molecule has 1 aliphatic carbocycles. The Labute approximate surface area is 95.0 Å². The van der Waals surface area contributed by atoms with Crippen LogP contribution in [0.25, 0.3) is 0 Å². The second-order valence-electron chi connectivity index (χ2n) is 6.56. The van der Waals surface area contributed by atoms with E-state index in [0.29, 0.717) is 5.54 Å². The Hall–Kier alpha value is -0.0400. The molecule has 0 amide bonds. The van der Waals surface area contributed by atoms with Crippen molar-refractivity contribution in [1.29, 1.82) is 0 Å². The van der Waals surface area contributed by atoms with Gasteiger partial charge in [0, 0.05) is 11.6 Å². The van der Waals surface area contributed by atoms with Gasteiger partial charge in [0.2, 0.25) is 0 Å². The Bertz CT molecular complexity index is 195. The molecule has 1 spiro atoms. The molecular weight excluding hydrogens is 182 g/mol. The molecule has 2 aliphatic rings. The average Bonchev–Trinajstić information content (AvgIpc) is 2.74. The zero-order chi connectivity index (χ0) is 11.1. The molecule has 3 unspecified atom stereocenters. The number of rotatable bonds is 2. The molecular formula is C14H27N. The molecule has 0 aromatic heterocycles. The molecule has 2 fully saturated rings. The lowest BCUT2D eigenvalue weighted by Gasteiger charge is -2.27. The van der Waals surface area contributed by atoms with Crippen molar-refractivity contribution in [1.82, 2.24) is 5.32 Å². The van der Waals surface area contributed by atoms with Gasteiger partial charge in [0.15, 0.2) is 0 Å². The Balaban J connectivity index is 1.95. The van der Waals surface area contributed by atoms with Crippen LogP contribution in [0.2, 0.25) is 0 Å². The summed E-state index contributed by atoms with van der Waals surface area (Å²) >= 11 is 0. The summed E-state index contributed by atoms with van der Waals surface area (Å²) in [7, 11) is 0. The van der Waals surface area contributed by atoms with Crippen molar-refractivity contribution in [2.45, 2.75) is 71.4 Å². The summed E-state index contributed by atoms with van der Waals surface area (Å²) in [6, 6.07) is 0.788. The van der Waals surface area contributed by atoms with E-state index >= 15 is 0 Å². The third-order valence-electron chi connectivity index (χ3n) is 4.82. The van der Waals surface area contributed by atoms with E-state index in [1.54, 1.807) is 0 Å². The highest BCUT2D eigenvalue weighted by atomic mass is 15.1. The first-order valence-corrected chi connectivity index (χ1v) is 6.80. The van der Waals surface area contributed by atoms with Crippen molar-refractivity contribution < 1.29 is 0 Å². The van der Waals surface area contributed by atoms with E-state index in [4.69, 9.17) is 0 Å². The fourth-order valence-corrected chi connectivity index (χ4v) is 3.56. The van der Waals surface area contributed by atoms with Crippen LogP contribution in [0, 0.1) is 17.8 Å². The van der Waals surface area contributed by atoms with Gasteiger partial charge in [-0.1, -0.05) is 27.7 Å². The van der Waals surface area contributed by atoms with Crippen molar-refractivity contribution in [2.75, 3.05) is 0 Å². The SMILES string of the molecule is CC(C)C1CCC2(CCC(C(C)C)N2)C1.